The molecule has 2 saturated heterocycles. The van der Waals surface area contributed by atoms with Crippen LogP contribution in [-0.2, 0) is 46.4 Å². The third kappa shape index (κ3) is 5.56. The zero-order valence-electron chi connectivity index (χ0n) is 25.8. The Kier molecular flexibility index (Phi) is 8.37. The van der Waals surface area contributed by atoms with Gasteiger partial charge in [0.1, 0.15) is 11.9 Å². The second kappa shape index (κ2) is 12.4. The zero-order chi connectivity index (χ0) is 31.8. The molecule has 5 atom stereocenters. The first-order chi connectivity index (χ1) is 21.8. The van der Waals surface area contributed by atoms with Crippen LogP contribution in [0.5, 0.6) is 5.75 Å². The SMILES string of the molecule is CC.COC(=O)C1CC(OC(C)=O)CC(Oc2ccc3c(C4C(=O)NC(=O)C4c4cn5c6c(cccc46)CCC5)c[nH]c3c2)O1. The van der Waals surface area contributed by atoms with Crippen molar-refractivity contribution in [2.24, 2.45) is 0 Å². The molecule has 45 heavy (non-hydrogen) atoms. The van der Waals surface area contributed by atoms with Gasteiger partial charge in [0.05, 0.1) is 24.5 Å². The summed E-state index contributed by atoms with van der Waals surface area (Å²) in [6, 6.07) is 11.5. The predicted molar refractivity (Wildman–Crippen MR) is 165 cm³/mol. The van der Waals surface area contributed by atoms with Gasteiger partial charge >= 0.3 is 11.9 Å². The number of benzene rings is 2. The second-order valence-corrected chi connectivity index (χ2v) is 11.4. The van der Waals surface area contributed by atoms with Crippen molar-refractivity contribution in [2.75, 3.05) is 7.11 Å². The Hall–Kier alpha value is -4.64. The Balaban J connectivity index is 0.00000175. The molecule has 2 aromatic carbocycles. The Morgan fingerprint density at radius 3 is 2.53 bits per heavy atom. The summed E-state index contributed by atoms with van der Waals surface area (Å²) in [6.45, 7) is 6.19. The molecule has 0 spiro atoms. The number of hydrogen-bond acceptors (Lipinski definition) is 8. The molecular formula is C34H37N3O8. The molecule has 5 heterocycles. The molecule has 0 saturated carbocycles. The van der Waals surface area contributed by atoms with Gasteiger partial charge in [-0.05, 0) is 41.7 Å². The van der Waals surface area contributed by atoms with E-state index in [0.29, 0.717) is 11.3 Å². The smallest absolute Gasteiger partial charge is 0.335 e. The lowest BCUT2D eigenvalue weighted by Gasteiger charge is -2.33. The summed E-state index contributed by atoms with van der Waals surface area (Å²) in [5.41, 5.74) is 4.69. The van der Waals surface area contributed by atoms with Crippen LogP contribution in [0, 0.1) is 0 Å². The maximum absolute atomic E-state index is 13.3. The second-order valence-electron chi connectivity index (χ2n) is 11.4. The van der Waals surface area contributed by atoms with E-state index in [1.807, 2.05) is 38.2 Å². The van der Waals surface area contributed by atoms with Crippen LogP contribution in [0.15, 0.2) is 48.8 Å². The molecule has 11 heteroatoms. The van der Waals surface area contributed by atoms with Crippen LogP contribution in [-0.4, -0.2) is 58.9 Å². The standard InChI is InChI=1S/C32H31N3O8.C2H6/c1-16(36)41-19-12-25(32(39)40-2)43-26(13-19)42-18-8-9-20-22(14-33-24(20)11-18)27-28(31(38)34-30(27)37)23-15-35-10-4-6-17-5-3-7-21(23)29(17)35;1-2/h3,5,7-9,11,14-15,19,25-28,33H,4,6,10,12-13H2,1-2H3,(H,34,37,38);1-2H3. The Morgan fingerprint density at radius 2 is 1.78 bits per heavy atom. The minimum Gasteiger partial charge on any atom is -0.467 e. The molecule has 2 fully saturated rings. The van der Waals surface area contributed by atoms with E-state index in [0.717, 1.165) is 46.8 Å². The number of carbonyl (C=O) groups is 4. The van der Waals surface area contributed by atoms with Crippen molar-refractivity contribution in [2.45, 2.75) is 83.3 Å². The lowest BCUT2D eigenvalue weighted by atomic mass is 9.83. The van der Waals surface area contributed by atoms with Gasteiger partial charge in [-0.1, -0.05) is 32.0 Å². The van der Waals surface area contributed by atoms with Crippen LogP contribution in [0.3, 0.4) is 0 Å². The first kappa shape index (κ1) is 30.4. The Labute approximate surface area is 260 Å². The number of H-pyrrole nitrogens is 1. The highest BCUT2D eigenvalue weighted by Crippen LogP contribution is 2.44. The quantitative estimate of drug-likeness (QED) is 0.237. The maximum Gasteiger partial charge on any atom is 0.335 e. The Morgan fingerprint density at radius 1 is 1.00 bits per heavy atom. The van der Waals surface area contributed by atoms with Crippen molar-refractivity contribution in [3.63, 3.8) is 0 Å². The van der Waals surface area contributed by atoms with E-state index in [2.05, 4.69) is 20.9 Å². The molecule has 7 rings (SSSR count). The monoisotopic (exact) mass is 615 g/mol. The summed E-state index contributed by atoms with van der Waals surface area (Å²) in [6.07, 6.45) is 3.89. The fourth-order valence-corrected chi connectivity index (χ4v) is 6.90. The highest BCUT2D eigenvalue weighted by molar-refractivity contribution is 6.13. The van der Waals surface area contributed by atoms with Gasteiger partial charge in [0.25, 0.3) is 0 Å². The normalized spacial score (nSPS) is 24.1. The number of carbonyl (C=O) groups excluding carboxylic acids is 4. The van der Waals surface area contributed by atoms with E-state index in [4.69, 9.17) is 18.9 Å². The lowest BCUT2D eigenvalue weighted by molar-refractivity contribution is -0.204. The minimum atomic E-state index is -0.934. The van der Waals surface area contributed by atoms with Crippen LogP contribution in [0.2, 0.25) is 0 Å². The number of aromatic nitrogens is 2. The summed E-state index contributed by atoms with van der Waals surface area (Å²) in [5, 5.41) is 4.38. The number of methoxy groups -OCH3 is 1. The van der Waals surface area contributed by atoms with Gasteiger partial charge < -0.3 is 28.5 Å². The third-order valence-electron chi connectivity index (χ3n) is 8.67. The van der Waals surface area contributed by atoms with Crippen LogP contribution in [0.25, 0.3) is 21.8 Å². The summed E-state index contributed by atoms with van der Waals surface area (Å²) < 4.78 is 24.3. The molecule has 2 N–H and O–H groups in total. The maximum atomic E-state index is 13.3. The third-order valence-corrected chi connectivity index (χ3v) is 8.67. The van der Waals surface area contributed by atoms with Gasteiger partial charge in [-0.3, -0.25) is 19.7 Å². The number of nitrogens with zero attached hydrogens (tertiary/aromatic N) is 1. The minimum absolute atomic E-state index is 0.175. The number of para-hydroxylation sites is 1. The molecule has 2 amide bonds. The van der Waals surface area contributed by atoms with Gasteiger partial charge in [0, 0.05) is 61.1 Å². The number of ether oxygens (including phenoxy) is 4. The summed E-state index contributed by atoms with van der Waals surface area (Å²) in [4.78, 5) is 53.5. The van der Waals surface area contributed by atoms with Crippen LogP contribution < -0.4 is 10.1 Å². The van der Waals surface area contributed by atoms with Crippen molar-refractivity contribution in [1.29, 1.82) is 0 Å². The molecule has 11 nitrogen and oxygen atoms in total. The molecular weight excluding hydrogens is 578 g/mol. The number of esters is 2. The largest absolute Gasteiger partial charge is 0.467 e. The lowest BCUT2D eigenvalue weighted by Crippen LogP contribution is -2.44. The fourth-order valence-electron chi connectivity index (χ4n) is 6.90. The topological polar surface area (TPSA) is 138 Å². The van der Waals surface area contributed by atoms with Crippen molar-refractivity contribution in [3.8, 4) is 5.75 Å². The Bertz CT molecular complexity index is 1790. The van der Waals surface area contributed by atoms with E-state index < -0.39 is 42.3 Å². The number of imide groups is 1. The van der Waals surface area contributed by atoms with E-state index in [1.54, 1.807) is 18.3 Å². The van der Waals surface area contributed by atoms with E-state index in [9.17, 15) is 19.2 Å². The van der Waals surface area contributed by atoms with E-state index in [-0.39, 0.29) is 24.7 Å². The number of aryl methyl sites for hydroxylation is 2. The van der Waals surface area contributed by atoms with Crippen molar-refractivity contribution in [1.82, 2.24) is 14.9 Å². The van der Waals surface area contributed by atoms with E-state index >= 15 is 0 Å². The van der Waals surface area contributed by atoms with Gasteiger partial charge in [-0.25, -0.2) is 4.79 Å². The number of aromatic amines is 1. The number of fused-ring (bicyclic) bond motifs is 1. The van der Waals surface area contributed by atoms with Crippen molar-refractivity contribution < 1.29 is 38.1 Å². The number of hydrogen-bond donors (Lipinski definition) is 2. The van der Waals surface area contributed by atoms with Crippen molar-refractivity contribution in [3.05, 3.63) is 65.5 Å². The van der Waals surface area contributed by atoms with Gasteiger partial charge in [0.2, 0.25) is 18.1 Å². The number of nitrogens with one attached hydrogen (secondary N) is 2. The average Bonchev–Trinajstić information content (AvgIpc) is 3.70. The highest BCUT2D eigenvalue weighted by Gasteiger charge is 2.46. The molecule has 2 aromatic heterocycles. The summed E-state index contributed by atoms with van der Waals surface area (Å²) in [7, 11) is 1.27. The molecule has 0 bridgehead atoms. The highest BCUT2D eigenvalue weighted by atomic mass is 16.7. The summed E-state index contributed by atoms with van der Waals surface area (Å²) in [5.74, 6) is -2.58. The zero-order valence-corrected chi connectivity index (χ0v) is 25.8. The van der Waals surface area contributed by atoms with Crippen molar-refractivity contribution >= 4 is 45.6 Å². The number of amides is 2. The number of rotatable bonds is 6. The van der Waals surface area contributed by atoms with E-state index in [1.165, 1.54) is 19.6 Å². The van der Waals surface area contributed by atoms with Gasteiger partial charge in [0.15, 0.2) is 6.10 Å². The molecule has 3 aliphatic rings. The first-order valence-corrected chi connectivity index (χ1v) is 15.4. The molecule has 4 aromatic rings. The molecule has 5 unspecified atom stereocenters. The van der Waals surface area contributed by atoms with Crippen LogP contribution >= 0.6 is 0 Å². The summed E-state index contributed by atoms with van der Waals surface area (Å²) >= 11 is 0. The first-order valence-electron chi connectivity index (χ1n) is 15.4. The average molecular weight is 616 g/mol. The molecule has 236 valence electrons. The predicted octanol–water partition coefficient (Wildman–Crippen LogP) is 4.61. The van der Waals surface area contributed by atoms with Gasteiger partial charge in [-0.15, -0.1) is 0 Å². The molecule has 0 radical (unpaired) electrons. The van der Waals surface area contributed by atoms with Crippen LogP contribution in [0.1, 0.15) is 68.6 Å². The molecule has 0 aliphatic carbocycles. The fraction of sp³-hybridized carbons (Fsp3) is 0.412. The molecule has 3 aliphatic heterocycles. The van der Waals surface area contributed by atoms with Gasteiger partial charge in [-0.2, -0.15) is 0 Å². The van der Waals surface area contributed by atoms with Crippen LogP contribution in [0.4, 0.5) is 0 Å².